The number of nitrogens with zero attached hydrogens (tertiary/aromatic N) is 1. The summed E-state index contributed by atoms with van der Waals surface area (Å²) >= 11 is 0. The standard InChI is InChI=1S/C22H26F2N4O5S/c1-12(23)33-14-5-6-16(24)17(8-14)27-19-15(18(25)21(2,3)30)7-13(9-26-19)20(29)28-22(4)10-34(31,32)11-22/h5-9,12,25,30H,10-11H2,1-4H3,(H,26,27)(H,28,29). The number of aromatic nitrogens is 1. The van der Waals surface area contributed by atoms with Crippen molar-refractivity contribution in [2.45, 2.75) is 45.2 Å². The van der Waals surface area contributed by atoms with Gasteiger partial charge in [0.25, 0.3) is 5.91 Å². The van der Waals surface area contributed by atoms with E-state index in [0.29, 0.717) is 0 Å². The summed E-state index contributed by atoms with van der Waals surface area (Å²) in [6.45, 7) is 5.50. The highest BCUT2D eigenvalue weighted by Gasteiger charge is 2.45. The number of nitrogens with one attached hydrogen (secondary N) is 3. The Hall–Kier alpha value is -3.12. The number of benzene rings is 1. The molecule has 1 atom stereocenters. The Labute approximate surface area is 196 Å². The molecule has 2 heterocycles. The monoisotopic (exact) mass is 496 g/mol. The lowest BCUT2D eigenvalue weighted by Gasteiger charge is -2.38. The van der Waals surface area contributed by atoms with E-state index in [-0.39, 0.29) is 45.6 Å². The Morgan fingerprint density at radius 1 is 1.32 bits per heavy atom. The van der Waals surface area contributed by atoms with E-state index in [1.807, 2.05) is 0 Å². The Morgan fingerprint density at radius 3 is 2.53 bits per heavy atom. The van der Waals surface area contributed by atoms with Crippen molar-refractivity contribution in [3.8, 4) is 5.75 Å². The number of alkyl halides is 1. The van der Waals surface area contributed by atoms with Crippen LogP contribution in [0, 0.1) is 11.2 Å². The quantitative estimate of drug-likeness (QED) is 0.412. The summed E-state index contributed by atoms with van der Waals surface area (Å²) in [6, 6.07) is 4.82. The zero-order chi connectivity index (χ0) is 25.5. The van der Waals surface area contributed by atoms with Crippen molar-refractivity contribution in [2.75, 3.05) is 16.8 Å². The van der Waals surface area contributed by atoms with E-state index in [0.717, 1.165) is 6.07 Å². The fourth-order valence-corrected chi connectivity index (χ4v) is 5.55. The summed E-state index contributed by atoms with van der Waals surface area (Å²) in [7, 11) is -3.19. The number of carbonyl (C=O) groups excluding carboxylic acids is 1. The molecule has 12 heteroatoms. The molecule has 1 unspecified atom stereocenters. The molecule has 9 nitrogen and oxygen atoms in total. The average molecular weight is 497 g/mol. The predicted octanol–water partition coefficient (Wildman–Crippen LogP) is 2.71. The van der Waals surface area contributed by atoms with E-state index in [2.05, 4.69) is 15.6 Å². The van der Waals surface area contributed by atoms with Crippen LogP contribution in [-0.4, -0.2) is 59.1 Å². The molecule has 1 aromatic heterocycles. The van der Waals surface area contributed by atoms with Crippen molar-refractivity contribution >= 4 is 33.0 Å². The van der Waals surface area contributed by atoms with Crippen molar-refractivity contribution in [3.63, 3.8) is 0 Å². The lowest BCUT2D eigenvalue weighted by Crippen LogP contribution is -2.63. The minimum atomic E-state index is -3.19. The summed E-state index contributed by atoms with van der Waals surface area (Å²) < 4.78 is 55.6. The van der Waals surface area contributed by atoms with Crippen LogP contribution in [-0.2, 0) is 9.84 Å². The first-order valence-corrected chi connectivity index (χ1v) is 12.1. The second-order valence-electron chi connectivity index (χ2n) is 9.03. The minimum Gasteiger partial charge on any atom is -0.461 e. The van der Waals surface area contributed by atoms with Crippen LogP contribution in [0.4, 0.5) is 20.3 Å². The van der Waals surface area contributed by atoms with Gasteiger partial charge in [0.15, 0.2) is 9.84 Å². The molecule has 1 aromatic carbocycles. The van der Waals surface area contributed by atoms with Gasteiger partial charge in [-0.3, -0.25) is 4.79 Å². The average Bonchev–Trinajstić information content (AvgIpc) is 2.67. The second kappa shape index (κ2) is 8.91. The Kier molecular flexibility index (Phi) is 6.68. The number of amides is 1. The third-order valence-corrected chi connectivity index (χ3v) is 7.17. The number of aliphatic hydroxyl groups is 1. The van der Waals surface area contributed by atoms with Crippen molar-refractivity contribution < 1.29 is 31.8 Å². The molecule has 1 aliphatic heterocycles. The van der Waals surface area contributed by atoms with Gasteiger partial charge in [0.1, 0.15) is 23.0 Å². The molecule has 1 amide bonds. The highest BCUT2D eigenvalue weighted by atomic mass is 32.2. The van der Waals surface area contributed by atoms with Gasteiger partial charge in [-0.05, 0) is 39.0 Å². The number of halogens is 2. The maximum atomic E-state index is 14.4. The normalized spacial score (nSPS) is 17.3. The third-order valence-electron chi connectivity index (χ3n) is 5.01. The predicted molar refractivity (Wildman–Crippen MR) is 123 cm³/mol. The van der Waals surface area contributed by atoms with E-state index in [9.17, 15) is 27.1 Å². The molecular weight excluding hydrogens is 470 g/mol. The summed E-state index contributed by atoms with van der Waals surface area (Å²) in [4.78, 5) is 16.9. The zero-order valence-electron chi connectivity index (χ0n) is 19.1. The Balaban J connectivity index is 1.95. The molecule has 0 bridgehead atoms. The van der Waals surface area contributed by atoms with E-state index in [4.69, 9.17) is 10.1 Å². The molecule has 3 rings (SSSR count). The number of rotatable bonds is 8. The summed E-state index contributed by atoms with van der Waals surface area (Å²) in [5.74, 6) is -1.69. The first kappa shape index (κ1) is 25.5. The second-order valence-corrected chi connectivity index (χ2v) is 11.1. The van der Waals surface area contributed by atoms with Crippen molar-refractivity contribution in [1.29, 1.82) is 5.41 Å². The molecule has 0 aliphatic carbocycles. The van der Waals surface area contributed by atoms with Crippen LogP contribution < -0.4 is 15.4 Å². The van der Waals surface area contributed by atoms with Gasteiger partial charge in [-0.25, -0.2) is 22.2 Å². The van der Waals surface area contributed by atoms with Gasteiger partial charge in [0.2, 0.25) is 6.36 Å². The summed E-state index contributed by atoms with van der Waals surface area (Å²) in [5, 5.41) is 24.1. The van der Waals surface area contributed by atoms with Gasteiger partial charge in [0.05, 0.1) is 34.0 Å². The van der Waals surface area contributed by atoms with Crippen molar-refractivity contribution in [3.05, 3.63) is 47.4 Å². The summed E-state index contributed by atoms with van der Waals surface area (Å²) in [6.07, 6.45) is -0.447. The lowest BCUT2D eigenvalue weighted by molar-refractivity contribution is 0.0859. The number of hydrogen-bond acceptors (Lipinski definition) is 8. The molecular formula is C22H26F2N4O5S. The number of ether oxygens (including phenoxy) is 1. The van der Waals surface area contributed by atoms with Gasteiger partial charge in [-0.15, -0.1) is 0 Å². The maximum absolute atomic E-state index is 14.4. The van der Waals surface area contributed by atoms with Crippen molar-refractivity contribution in [1.82, 2.24) is 10.3 Å². The van der Waals surface area contributed by atoms with Crippen LogP contribution >= 0.6 is 0 Å². The highest BCUT2D eigenvalue weighted by Crippen LogP contribution is 2.29. The fraction of sp³-hybridized carbons (Fsp3) is 0.409. The van der Waals surface area contributed by atoms with Crippen LogP contribution in [0.5, 0.6) is 5.75 Å². The van der Waals surface area contributed by atoms with Crippen LogP contribution in [0.25, 0.3) is 0 Å². The SMILES string of the molecule is CC(F)Oc1ccc(F)c(Nc2ncc(C(=O)NC3(C)CS(=O)(=O)C3)cc2C(=N)C(C)(C)O)c1. The maximum Gasteiger partial charge on any atom is 0.253 e. The molecule has 0 spiro atoms. The van der Waals surface area contributed by atoms with Crippen LogP contribution in [0.1, 0.15) is 43.6 Å². The number of carbonyl (C=O) groups is 1. The Bertz CT molecular complexity index is 1230. The molecule has 1 fully saturated rings. The molecule has 184 valence electrons. The zero-order valence-corrected chi connectivity index (χ0v) is 19.9. The molecule has 2 aromatic rings. The highest BCUT2D eigenvalue weighted by molar-refractivity contribution is 7.93. The first-order valence-electron chi connectivity index (χ1n) is 10.3. The molecule has 4 N–H and O–H groups in total. The fourth-order valence-electron chi connectivity index (χ4n) is 3.54. The topological polar surface area (TPSA) is 141 Å². The molecule has 0 radical (unpaired) electrons. The molecule has 1 saturated heterocycles. The van der Waals surface area contributed by atoms with Gasteiger partial charge in [-0.1, -0.05) is 0 Å². The van der Waals surface area contributed by atoms with E-state index >= 15 is 0 Å². The molecule has 1 aliphatic rings. The van der Waals surface area contributed by atoms with Gasteiger partial charge >= 0.3 is 0 Å². The van der Waals surface area contributed by atoms with Gasteiger partial charge < -0.3 is 25.9 Å². The van der Waals surface area contributed by atoms with Crippen LogP contribution in [0.15, 0.2) is 30.5 Å². The number of sulfone groups is 1. The third kappa shape index (κ3) is 5.86. The summed E-state index contributed by atoms with van der Waals surface area (Å²) in [5.41, 5.74) is -2.96. The number of pyridine rings is 1. The number of hydrogen-bond donors (Lipinski definition) is 4. The van der Waals surface area contributed by atoms with Gasteiger partial charge in [-0.2, -0.15) is 0 Å². The van der Waals surface area contributed by atoms with Gasteiger partial charge in [0, 0.05) is 24.8 Å². The van der Waals surface area contributed by atoms with Crippen LogP contribution in [0.2, 0.25) is 0 Å². The number of anilines is 2. The van der Waals surface area contributed by atoms with E-state index < -0.39 is 39.1 Å². The van der Waals surface area contributed by atoms with E-state index in [1.165, 1.54) is 45.2 Å². The largest absolute Gasteiger partial charge is 0.461 e. The smallest absolute Gasteiger partial charge is 0.253 e. The van der Waals surface area contributed by atoms with Crippen LogP contribution in [0.3, 0.4) is 0 Å². The lowest BCUT2D eigenvalue weighted by atomic mass is 9.95. The van der Waals surface area contributed by atoms with E-state index in [1.54, 1.807) is 6.92 Å². The Morgan fingerprint density at radius 2 is 1.97 bits per heavy atom. The molecule has 34 heavy (non-hydrogen) atoms. The minimum absolute atomic E-state index is 0.0103. The first-order chi connectivity index (χ1) is 15.6. The van der Waals surface area contributed by atoms with Crippen molar-refractivity contribution in [2.24, 2.45) is 0 Å². The molecule has 0 saturated carbocycles.